The van der Waals surface area contributed by atoms with E-state index in [2.05, 4.69) is 15.7 Å². The summed E-state index contributed by atoms with van der Waals surface area (Å²) in [5, 5.41) is 18.1. The summed E-state index contributed by atoms with van der Waals surface area (Å²) in [7, 11) is 1.85. The molecule has 0 saturated heterocycles. The van der Waals surface area contributed by atoms with E-state index in [-0.39, 0.29) is 18.4 Å². The number of carboxylic acids is 1. The number of aryl methyl sites for hydroxylation is 1. The average molecular weight is 282 g/mol. The molecule has 0 aliphatic rings. The second-order valence-electron chi connectivity index (χ2n) is 4.95. The Kier molecular flexibility index (Phi) is 6.55. The van der Waals surface area contributed by atoms with Crippen molar-refractivity contribution in [3.8, 4) is 0 Å². The van der Waals surface area contributed by atoms with Crippen LogP contribution in [0.15, 0.2) is 12.4 Å². The van der Waals surface area contributed by atoms with E-state index in [0.29, 0.717) is 19.5 Å². The lowest BCUT2D eigenvalue weighted by Crippen LogP contribution is -2.38. The summed E-state index contributed by atoms with van der Waals surface area (Å²) in [4.78, 5) is 21.9. The Morgan fingerprint density at radius 3 is 2.80 bits per heavy atom. The maximum absolute atomic E-state index is 11.5. The van der Waals surface area contributed by atoms with Crippen LogP contribution in [-0.2, 0) is 18.3 Å². The number of amides is 2. The van der Waals surface area contributed by atoms with Crippen molar-refractivity contribution < 1.29 is 14.7 Å². The van der Waals surface area contributed by atoms with Gasteiger partial charge in [-0.05, 0) is 24.3 Å². The van der Waals surface area contributed by atoms with Gasteiger partial charge in [0.25, 0.3) is 0 Å². The largest absolute Gasteiger partial charge is 0.481 e. The number of urea groups is 1. The minimum absolute atomic E-state index is 0.130. The Balaban J connectivity index is 2.09. The first-order chi connectivity index (χ1) is 9.47. The Labute approximate surface area is 118 Å². The molecule has 1 unspecified atom stereocenters. The van der Waals surface area contributed by atoms with Crippen molar-refractivity contribution in [2.24, 2.45) is 13.0 Å². The van der Waals surface area contributed by atoms with E-state index < -0.39 is 5.97 Å². The number of hydrogen-bond donors (Lipinski definition) is 3. The highest BCUT2D eigenvalue weighted by molar-refractivity contribution is 5.73. The highest BCUT2D eigenvalue weighted by Crippen LogP contribution is 2.03. The van der Waals surface area contributed by atoms with Crippen LogP contribution in [0.4, 0.5) is 4.79 Å². The molecule has 112 valence electrons. The zero-order chi connectivity index (χ0) is 15.0. The lowest BCUT2D eigenvalue weighted by molar-refractivity contribution is -0.137. The van der Waals surface area contributed by atoms with Crippen LogP contribution in [0, 0.1) is 5.92 Å². The quantitative estimate of drug-likeness (QED) is 0.656. The summed E-state index contributed by atoms with van der Waals surface area (Å²) in [5.74, 6) is -0.659. The molecule has 0 saturated carbocycles. The molecular formula is C13H22N4O3. The molecule has 0 radical (unpaired) electrons. The number of carbonyl (C=O) groups excluding carboxylic acids is 1. The molecule has 1 aromatic heterocycles. The molecule has 0 aliphatic heterocycles. The molecule has 0 bridgehead atoms. The van der Waals surface area contributed by atoms with Gasteiger partial charge in [-0.3, -0.25) is 9.48 Å². The third-order valence-electron chi connectivity index (χ3n) is 2.92. The summed E-state index contributed by atoms with van der Waals surface area (Å²) in [6, 6.07) is -0.226. The lowest BCUT2D eigenvalue weighted by atomic mass is 10.1. The van der Waals surface area contributed by atoms with Crippen LogP contribution in [0.3, 0.4) is 0 Å². The zero-order valence-electron chi connectivity index (χ0n) is 11.9. The van der Waals surface area contributed by atoms with E-state index in [4.69, 9.17) is 5.11 Å². The van der Waals surface area contributed by atoms with Crippen molar-refractivity contribution in [3.05, 3.63) is 18.0 Å². The zero-order valence-corrected chi connectivity index (χ0v) is 11.9. The average Bonchev–Trinajstić information content (AvgIpc) is 2.79. The number of rotatable bonds is 8. The van der Waals surface area contributed by atoms with E-state index in [0.717, 1.165) is 12.0 Å². The van der Waals surface area contributed by atoms with E-state index in [9.17, 15) is 9.59 Å². The Hall–Kier alpha value is -2.05. The molecular weight excluding hydrogens is 260 g/mol. The van der Waals surface area contributed by atoms with Crippen LogP contribution in [0.2, 0.25) is 0 Å². The molecule has 7 heteroatoms. The molecule has 0 spiro atoms. The molecule has 2 amide bonds. The Bertz CT molecular complexity index is 445. The molecule has 0 aliphatic carbocycles. The van der Waals surface area contributed by atoms with Gasteiger partial charge in [-0.25, -0.2) is 4.79 Å². The molecule has 0 fully saturated rings. The highest BCUT2D eigenvalue weighted by Gasteiger charge is 2.07. The van der Waals surface area contributed by atoms with Crippen LogP contribution in [0.25, 0.3) is 0 Å². The molecule has 1 rings (SSSR count). The van der Waals surface area contributed by atoms with Gasteiger partial charge in [0, 0.05) is 32.8 Å². The summed E-state index contributed by atoms with van der Waals surface area (Å²) < 4.78 is 1.72. The van der Waals surface area contributed by atoms with Gasteiger partial charge in [-0.1, -0.05) is 6.92 Å². The smallest absolute Gasteiger partial charge is 0.314 e. The van der Waals surface area contributed by atoms with Crippen LogP contribution < -0.4 is 10.6 Å². The normalized spacial score (nSPS) is 11.9. The van der Waals surface area contributed by atoms with Gasteiger partial charge in [0.2, 0.25) is 0 Å². The van der Waals surface area contributed by atoms with Crippen molar-refractivity contribution in [3.63, 3.8) is 0 Å². The predicted molar refractivity (Wildman–Crippen MR) is 74.3 cm³/mol. The van der Waals surface area contributed by atoms with Gasteiger partial charge >= 0.3 is 12.0 Å². The first kappa shape index (κ1) is 16.0. The number of hydrogen-bond acceptors (Lipinski definition) is 3. The Morgan fingerprint density at radius 1 is 1.45 bits per heavy atom. The second-order valence-corrected chi connectivity index (χ2v) is 4.95. The topological polar surface area (TPSA) is 96.2 Å². The predicted octanol–water partition coefficient (Wildman–Crippen LogP) is 0.763. The molecule has 7 nitrogen and oxygen atoms in total. The number of carbonyl (C=O) groups is 2. The summed E-state index contributed by atoms with van der Waals surface area (Å²) in [6.07, 6.45) is 5.10. The minimum atomic E-state index is -0.808. The van der Waals surface area contributed by atoms with Gasteiger partial charge in [0.15, 0.2) is 0 Å². The van der Waals surface area contributed by atoms with Gasteiger partial charge in [0.05, 0.1) is 6.20 Å². The van der Waals surface area contributed by atoms with Crippen molar-refractivity contribution in [1.82, 2.24) is 20.4 Å². The van der Waals surface area contributed by atoms with Crippen molar-refractivity contribution in [2.45, 2.75) is 26.2 Å². The number of aromatic nitrogens is 2. The first-order valence-electron chi connectivity index (χ1n) is 6.68. The third kappa shape index (κ3) is 6.77. The molecule has 1 heterocycles. The fraction of sp³-hybridized carbons (Fsp3) is 0.615. The van der Waals surface area contributed by atoms with Crippen LogP contribution >= 0.6 is 0 Å². The van der Waals surface area contributed by atoms with Crippen molar-refractivity contribution in [1.29, 1.82) is 0 Å². The summed E-state index contributed by atoms with van der Waals surface area (Å²) in [6.45, 7) is 2.94. The lowest BCUT2D eigenvalue weighted by Gasteiger charge is -2.12. The fourth-order valence-electron chi connectivity index (χ4n) is 1.72. The van der Waals surface area contributed by atoms with Gasteiger partial charge in [0.1, 0.15) is 0 Å². The van der Waals surface area contributed by atoms with E-state index in [1.54, 1.807) is 10.9 Å². The summed E-state index contributed by atoms with van der Waals surface area (Å²) in [5.41, 5.74) is 1.07. The minimum Gasteiger partial charge on any atom is -0.481 e. The van der Waals surface area contributed by atoms with Gasteiger partial charge in [-0.2, -0.15) is 5.10 Å². The third-order valence-corrected chi connectivity index (χ3v) is 2.92. The van der Waals surface area contributed by atoms with Crippen LogP contribution in [-0.4, -0.2) is 40.0 Å². The van der Waals surface area contributed by atoms with Gasteiger partial charge < -0.3 is 15.7 Å². The number of carboxylic acid groups (broad SMARTS) is 1. The van der Waals surface area contributed by atoms with Crippen LogP contribution in [0.1, 0.15) is 25.3 Å². The van der Waals surface area contributed by atoms with E-state index in [1.807, 2.05) is 20.2 Å². The molecule has 1 aromatic rings. The number of aliphatic carboxylic acids is 1. The standard InChI is InChI=1S/C13H22N4O3/c1-10(3-4-12(18)19)7-15-13(20)14-6-5-11-8-16-17(2)9-11/h8-10H,3-7H2,1-2H3,(H,18,19)(H2,14,15,20). The monoisotopic (exact) mass is 282 g/mol. The highest BCUT2D eigenvalue weighted by atomic mass is 16.4. The number of nitrogens with one attached hydrogen (secondary N) is 2. The van der Waals surface area contributed by atoms with Crippen molar-refractivity contribution in [2.75, 3.05) is 13.1 Å². The maximum Gasteiger partial charge on any atom is 0.314 e. The van der Waals surface area contributed by atoms with E-state index >= 15 is 0 Å². The fourth-order valence-corrected chi connectivity index (χ4v) is 1.72. The maximum atomic E-state index is 11.5. The van der Waals surface area contributed by atoms with Crippen molar-refractivity contribution >= 4 is 12.0 Å². The second kappa shape index (κ2) is 8.19. The summed E-state index contributed by atoms with van der Waals surface area (Å²) >= 11 is 0. The van der Waals surface area contributed by atoms with Crippen LogP contribution in [0.5, 0.6) is 0 Å². The molecule has 3 N–H and O–H groups in total. The Morgan fingerprint density at radius 2 is 2.20 bits per heavy atom. The number of nitrogens with zero attached hydrogens (tertiary/aromatic N) is 2. The SMILES string of the molecule is CC(CCC(=O)O)CNC(=O)NCCc1cnn(C)c1. The van der Waals surface area contributed by atoms with Gasteiger partial charge in [-0.15, -0.1) is 0 Å². The first-order valence-corrected chi connectivity index (χ1v) is 6.68. The molecule has 20 heavy (non-hydrogen) atoms. The molecule has 0 aromatic carbocycles. The van der Waals surface area contributed by atoms with E-state index in [1.165, 1.54) is 0 Å². The molecule has 1 atom stereocenters.